The van der Waals surface area contributed by atoms with Gasteiger partial charge >= 0.3 is 5.97 Å². The van der Waals surface area contributed by atoms with E-state index in [1.807, 2.05) is 12.1 Å². The number of para-hydroxylation sites is 1. The molecule has 1 aromatic carbocycles. The molecule has 0 amide bonds. The molecule has 1 N–H and O–H groups in total. The fraction of sp³-hybridized carbons (Fsp3) is 0.364. The molecule has 3 heteroatoms. The summed E-state index contributed by atoms with van der Waals surface area (Å²) < 4.78 is 4.72. The van der Waals surface area contributed by atoms with Gasteiger partial charge in [0.05, 0.1) is 18.4 Å². The third kappa shape index (κ3) is 1.45. The van der Waals surface area contributed by atoms with Crippen molar-refractivity contribution in [1.82, 2.24) is 0 Å². The van der Waals surface area contributed by atoms with Crippen LogP contribution in [0, 0.1) is 0 Å². The van der Waals surface area contributed by atoms with Crippen LogP contribution in [0.4, 0.5) is 5.69 Å². The Balaban J connectivity index is 2.45. The number of hydrogen-bond donors (Lipinski definition) is 1. The van der Waals surface area contributed by atoms with E-state index in [0.29, 0.717) is 5.56 Å². The Kier molecular flexibility index (Phi) is 2.39. The van der Waals surface area contributed by atoms with Gasteiger partial charge in [0.2, 0.25) is 0 Å². The summed E-state index contributed by atoms with van der Waals surface area (Å²) in [4.78, 5) is 11.4. The number of methoxy groups -OCH3 is 1. The maximum Gasteiger partial charge on any atom is 0.339 e. The topological polar surface area (TPSA) is 38.3 Å². The molecule has 3 nitrogen and oxygen atoms in total. The summed E-state index contributed by atoms with van der Waals surface area (Å²) in [6, 6.07) is 5.75. The quantitative estimate of drug-likeness (QED) is 0.688. The summed E-state index contributed by atoms with van der Waals surface area (Å²) in [6.07, 6.45) is 2.16. The number of rotatable bonds is 1. The van der Waals surface area contributed by atoms with E-state index in [0.717, 1.165) is 25.1 Å². The number of aryl methyl sites for hydroxylation is 1. The average Bonchev–Trinajstić information content (AvgIpc) is 2.27. The van der Waals surface area contributed by atoms with Crippen LogP contribution in [0.2, 0.25) is 0 Å². The number of carbonyl (C=O) groups is 1. The first-order chi connectivity index (χ1) is 6.83. The van der Waals surface area contributed by atoms with E-state index < -0.39 is 0 Å². The van der Waals surface area contributed by atoms with E-state index in [1.165, 1.54) is 12.7 Å². The van der Waals surface area contributed by atoms with E-state index >= 15 is 0 Å². The van der Waals surface area contributed by atoms with Gasteiger partial charge < -0.3 is 10.1 Å². The molecule has 0 spiro atoms. The number of anilines is 1. The zero-order valence-corrected chi connectivity index (χ0v) is 8.17. The first-order valence-electron chi connectivity index (χ1n) is 4.77. The van der Waals surface area contributed by atoms with Crippen molar-refractivity contribution in [3.63, 3.8) is 0 Å². The molecule has 14 heavy (non-hydrogen) atoms. The molecule has 0 saturated carbocycles. The van der Waals surface area contributed by atoms with Crippen molar-refractivity contribution in [3.8, 4) is 0 Å². The van der Waals surface area contributed by atoms with Crippen molar-refractivity contribution in [1.29, 1.82) is 0 Å². The molecular weight excluding hydrogens is 178 g/mol. The highest BCUT2D eigenvalue weighted by Crippen LogP contribution is 2.26. The van der Waals surface area contributed by atoms with Crippen molar-refractivity contribution >= 4 is 11.7 Å². The van der Waals surface area contributed by atoms with Crippen LogP contribution >= 0.6 is 0 Å². The number of carbonyl (C=O) groups excluding carboxylic acids is 1. The second-order valence-electron chi connectivity index (χ2n) is 3.36. The van der Waals surface area contributed by atoms with Crippen molar-refractivity contribution in [2.45, 2.75) is 12.8 Å². The zero-order chi connectivity index (χ0) is 9.97. The molecule has 1 heterocycles. The molecule has 1 aliphatic rings. The third-order valence-corrected chi connectivity index (χ3v) is 2.48. The zero-order valence-electron chi connectivity index (χ0n) is 8.17. The summed E-state index contributed by atoms with van der Waals surface area (Å²) in [5.41, 5.74) is 2.80. The minimum Gasteiger partial charge on any atom is -0.465 e. The van der Waals surface area contributed by atoms with Gasteiger partial charge in [0.1, 0.15) is 0 Å². The second-order valence-corrected chi connectivity index (χ2v) is 3.36. The summed E-state index contributed by atoms with van der Waals surface area (Å²) in [7, 11) is 1.41. The monoisotopic (exact) mass is 191 g/mol. The summed E-state index contributed by atoms with van der Waals surface area (Å²) in [5.74, 6) is -0.267. The second kappa shape index (κ2) is 3.70. The molecule has 74 valence electrons. The molecule has 0 unspecified atom stereocenters. The Bertz CT molecular complexity index is 360. The van der Waals surface area contributed by atoms with Crippen LogP contribution in [0.15, 0.2) is 18.2 Å². The van der Waals surface area contributed by atoms with Gasteiger partial charge in [0, 0.05) is 6.54 Å². The fourth-order valence-electron chi connectivity index (χ4n) is 1.79. The summed E-state index contributed by atoms with van der Waals surface area (Å²) in [6.45, 7) is 0.932. The van der Waals surface area contributed by atoms with Crippen LogP contribution < -0.4 is 5.32 Å². The van der Waals surface area contributed by atoms with E-state index in [4.69, 9.17) is 4.74 Å². The highest BCUT2D eigenvalue weighted by molar-refractivity contribution is 5.96. The van der Waals surface area contributed by atoms with Gasteiger partial charge in [-0.1, -0.05) is 12.1 Å². The standard InChI is InChI=1S/C11H13NO2/c1-14-11(13)9-6-2-4-8-5-3-7-12-10(8)9/h2,4,6,12H,3,5,7H2,1H3. The average molecular weight is 191 g/mol. The van der Waals surface area contributed by atoms with Crippen LogP contribution in [0.1, 0.15) is 22.3 Å². The Morgan fingerprint density at radius 1 is 1.50 bits per heavy atom. The predicted molar refractivity (Wildman–Crippen MR) is 54.6 cm³/mol. The van der Waals surface area contributed by atoms with Gasteiger partial charge in [0.25, 0.3) is 0 Å². The highest BCUT2D eigenvalue weighted by Gasteiger charge is 2.16. The van der Waals surface area contributed by atoms with E-state index in [2.05, 4.69) is 5.32 Å². The Labute approximate surface area is 83.1 Å². The number of hydrogen-bond acceptors (Lipinski definition) is 3. The molecule has 0 saturated heterocycles. The molecule has 0 atom stereocenters. The van der Waals surface area contributed by atoms with E-state index in [-0.39, 0.29) is 5.97 Å². The van der Waals surface area contributed by atoms with Gasteiger partial charge in [-0.15, -0.1) is 0 Å². The van der Waals surface area contributed by atoms with Crippen molar-refractivity contribution in [2.24, 2.45) is 0 Å². The number of benzene rings is 1. The molecule has 2 rings (SSSR count). The van der Waals surface area contributed by atoms with Gasteiger partial charge in [0.15, 0.2) is 0 Å². The summed E-state index contributed by atoms with van der Waals surface area (Å²) in [5, 5.41) is 3.25. The minimum atomic E-state index is -0.267. The normalized spacial score (nSPS) is 14.1. The first kappa shape index (κ1) is 9.06. The molecule has 0 bridgehead atoms. The van der Waals surface area contributed by atoms with Crippen molar-refractivity contribution < 1.29 is 9.53 Å². The van der Waals surface area contributed by atoms with Gasteiger partial charge in [-0.25, -0.2) is 4.79 Å². The lowest BCUT2D eigenvalue weighted by Gasteiger charge is -2.19. The molecule has 0 radical (unpaired) electrons. The van der Waals surface area contributed by atoms with E-state index in [1.54, 1.807) is 6.07 Å². The molecule has 1 aromatic rings. The SMILES string of the molecule is COC(=O)c1cccc2c1NCCC2. The van der Waals surface area contributed by atoms with Crippen LogP contribution in [0.3, 0.4) is 0 Å². The Morgan fingerprint density at radius 3 is 3.14 bits per heavy atom. The number of fused-ring (bicyclic) bond motifs is 1. The van der Waals surface area contributed by atoms with Crippen molar-refractivity contribution in [2.75, 3.05) is 19.0 Å². The largest absolute Gasteiger partial charge is 0.465 e. The van der Waals surface area contributed by atoms with Crippen LogP contribution in [-0.4, -0.2) is 19.6 Å². The lowest BCUT2D eigenvalue weighted by molar-refractivity contribution is 0.0601. The fourth-order valence-corrected chi connectivity index (χ4v) is 1.79. The molecule has 0 aromatic heterocycles. The smallest absolute Gasteiger partial charge is 0.339 e. The van der Waals surface area contributed by atoms with Crippen molar-refractivity contribution in [3.05, 3.63) is 29.3 Å². The van der Waals surface area contributed by atoms with Gasteiger partial charge in [-0.3, -0.25) is 0 Å². The van der Waals surface area contributed by atoms with Gasteiger partial charge in [-0.05, 0) is 24.5 Å². The number of esters is 1. The summed E-state index contributed by atoms with van der Waals surface area (Å²) >= 11 is 0. The van der Waals surface area contributed by atoms with Gasteiger partial charge in [-0.2, -0.15) is 0 Å². The predicted octanol–water partition coefficient (Wildman–Crippen LogP) is 1.83. The number of ether oxygens (including phenoxy) is 1. The molecular formula is C11H13NO2. The lowest BCUT2D eigenvalue weighted by Crippen LogP contribution is -2.16. The first-order valence-corrected chi connectivity index (χ1v) is 4.77. The Hall–Kier alpha value is -1.51. The van der Waals surface area contributed by atoms with Crippen LogP contribution in [0.25, 0.3) is 0 Å². The highest BCUT2D eigenvalue weighted by atomic mass is 16.5. The lowest BCUT2D eigenvalue weighted by atomic mass is 9.99. The number of nitrogens with one attached hydrogen (secondary N) is 1. The van der Waals surface area contributed by atoms with E-state index in [9.17, 15) is 4.79 Å². The molecule has 1 aliphatic heterocycles. The maximum absolute atomic E-state index is 11.4. The molecule has 0 fully saturated rings. The Morgan fingerprint density at radius 2 is 2.36 bits per heavy atom. The maximum atomic E-state index is 11.4. The van der Waals surface area contributed by atoms with Crippen LogP contribution in [0.5, 0.6) is 0 Å². The minimum absolute atomic E-state index is 0.267. The van der Waals surface area contributed by atoms with Crippen LogP contribution in [-0.2, 0) is 11.2 Å². The molecule has 0 aliphatic carbocycles. The third-order valence-electron chi connectivity index (χ3n) is 2.48.